The minimum absolute atomic E-state index is 0.0840. The number of nitrogens with zero attached hydrogens (tertiary/aromatic N) is 5. The van der Waals surface area contributed by atoms with Gasteiger partial charge in [0.2, 0.25) is 0 Å². The van der Waals surface area contributed by atoms with Gasteiger partial charge in [0.1, 0.15) is 0 Å². The van der Waals surface area contributed by atoms with Gasteiger partial charge in [-0.05, 0) is 7.05 Å². The van der Waals surface area contributed by atoms with E-state index >= 15 is 0 Å². The predicted molar refractivity (Wildman–Crippen MR) is 71.3 cm³/mol. The summed E-state index contributed by atoms with van der Waals surface area (Å²) in [6.07, 6.45) is 1.73. The first-order valence-electron chi connectivity index (χ1n) is 6.34. The number of aliphatic hydroxyl groups excluding tert-OH is 1. The number of rotatable bonds is 5. The summed E-state index contributed by atoms with van der Waals surface area (Å²) in [5, 5.41) is 21.1. The van der Waals surface area contributed by atoms with Crippen LogP contribution in [0.25, 0.3) is 0 Å². The van der Waals surface area contributed by atoms with E-state index in [1.807, 2.05) is 0 Å². The first-order chi connectivity index (χ1) is 9.02. The van der Waals surface area contributed by atoms with Crippen molar-refractivity contribution in [2.75, 3.05) is 39.8 Å². The van der Waals surface area contributed by atoms with Crippen LogP contribution in [0.4, 0.5) is 0 Å². The molecule has 0 aromatic heterocycles. The van der Waals surface area contributed by atoms with Crippen molar-refractivity contribution in [3.05, 3.63) is 10.1 Å². The van der Waals surface area contributed by atoms with Gasteiger partial charge < -0.3 is 10.0 Å². The molecule has 1 saturated heterocycles. The second-order valence-corrected chi connectivity index (χ2v) is 5.05. The Kier molecular flexibility index (Phi) is 4.23. The van der Waals surface area contributed by atoms with Crippen LogP contribution in [0.5, 0.6) is 0 Å². The summed E-state index contributed by atoms with van der Waals surface area (Å²) in [5.74, 6) is -1.72. The molecule has 0 amide bonds. The Labute approximate surface area is 111 Å². The quantitative estimate of drug-likeness (QED) is 0.514. The molecule has 1 N–H and O–H groups in total. The van der Waals surface area contributed by atoms with Gasteiger partial charge in [-0.25, -0.2) is 0 Å². The molecule has 8 nitrogen and oxygen atoms in total. The topological polar surface area (TPSA) is 94.6 Å². The number of likely N-dealkylation sites (N-methyl/N-ethyl adjacent to an activating group) is 1. The normalized spacial score (nSPS) is 24.7. The van der Waals surface area contributed by atoms with Crippen LogP contribution < -0.4 is 0 Å². The molecule has 0 radical (unpaired) electrons. The fraction of sp³-hybridized carbons (Fsp3) is 0.818. The minimum Gasteiger partial charge on any atom is -0.391 e. The van der Waals surface area contributed by atoms with Gasteiger partial charge in [0.05, 0.1) is 17.4 Å². The lowest BCUT2D eigenvalue weighted by atomic mass is 10.1. The van der Waals surface area contributed by atoms with Crippen LogP contribution in [-0.4, -0.2) is 83.9 Å². The van der Waals surface area contributed by atoms with Gasteiger partial charge >= 0.3 is 5.79 Å². The van der Waals surface area contributed by atoms with Crippen molar-refractivity contribution >= 4 is 12.4 Å². The maximum absolute atomic E-state index is 11.0. The summed E-state index contributed by atoms with van der Waals surface area (Å²) >= 11 is 0. The van der Waals surface area contributed by atoms with Crippen molar-refractivity contribution in [1.82, 2.24) is 9.80 Å². The maximum atomic E-state index is 11.0. The Morgan fingerprint density at radius 3 is 2.47 bits per heavy atom. The SMILES string of the molecule is CN1CCN(CC(O)CC2([N+](=O)[O-])N=CC=N2)CC1. The molecule has 106 valence electrons. The molecule has 0 aromatic carbocycles. The molecular formula is C11H19N5O3. The molecule has 1 unspecified atom stereocenters. The summed E-state index contributed by atoms with van der Waals surface area (Å²) in [6, 6.07) is 0. The Morgan fingerprint density at radius 1 is 1.37 bits per heavy atom. The van der Waals surface area contributed by atoms with Crippen LogP contribution in [0.15, 0.2) is 9.98 Å². The highest BCUT2D eigenvalue weighted by Crippen LogP contribution is 2.23. The first kappa shape index (κ1) is 14.0. The number of aliphatic hydroxyl groups is 1. The molecule has 2 aliphatic heterocycles. The fourth-order valence-electron chi connectivity index (χ4n) is 2.32. The van der Waals surface area contributed by atoms with Gasteiger partial charge in [0.25, 0.3) is 0 Å². The van der Waals surface area contributed by atoms with Crippen molar-refractivity contribution in [2.45, 2.75) is 18.3 Å². The zero-order valence-corrected chi connectivity index (χ0v) is 11.0. The predicted octanol–water partition coefficient (Wildman–Crippen LogP) is -0.929. The summed E-state index contributed by atoms with van der Waals surface area (Å²) in [6.45, 7) is 4.05. The van der Waals surface area contributed by atoms with Crippen LogP contribution in [0.3, 0.4) is 0 Å². The van der Waals surface area contributed by atoms with E-state index in [0.717, 1.165) is 26.2 Å². The van der Waals surface area contributed by atoms with E-state index in [4.69, 9.17) is 0 Å². The second-order valence-electron chi connectivity index (χ2n) is 5.05. The Bertz CT molecular complexity index is 378. The van der Waals surface area contributed by atoms with Crippen LogP contribution >= 0.6 is 0 Å². The summed E-state index contributed by atoms with van der Waals surface area (Å²) in [4.78, 5) is 22.4. The molecule has 0 spiro atoms. The van der Waals surface area contributed by atoms with E-state index in [1.54, 1.807) is 0 Å². The van der Waals surface area contributed by atoms with Crippen molar-refractivity contribution in [3.8, 4) is 0 Å². The minimum atomic E-state index is -1.72. The monoisotopic (exact) mass is 269 g/mol. The van der Waals surface area contributed by atoms with Crippen LogP contribution in [0.2, 0.25) is 0 Å². The number of hydrogen-bond donors (Lipinski definition) is 1. The van der Waals surface area contributed by atoms with E-state index in [9.17, 15) is 15.2 Å². The van der Waals surface area contributed by atoms with Gasteiger partial charge in [0.15, 0.2) is 0 Å². The van der Waals surface area contributed by atoms with Gasteiger partial charge in [-0.3, -0.25) is 15.0 Å². The fourth-order valence-corrected chi connectivity index (χ4v) is 2.32. The Hall–Kier alpha value is -1.38. The third-order valence-corrected chi connectivity index (χ3v) is 3.50. The van der Waals surface area contributed by atoms with Gasteiger partial charge in [-0.2, -0.15) is 9.98 Å². The molecular weight excluding hydrogens is 250 g/mol. The molecule has 0 saturated carbocycles. The Morgan fingerprint density at radius 2 is 1.95 bits per heavy atom. The third kappa shape index (κ3) is 3.34. The van der Waals surface area contributed by atoms with Crippen molar-refractivity contribution in [3.63, 3.8) is 0 Å². The number of aliphatic imine (C=N–C) groups is 2. The smallest absolute Gasteiger partial charge is 0.391 e. The molecule has 2 heterocycles. The molecule has 8 heteroatoms. The molecule has 19 heavy (non-hydrogen) atoms. The van der Waals surface area contributed by atoms with Crippen molar-refractivity contribution < 1.29 is 10.0 Å². The molecule has 1 fully saturated rings. The van der Waals surface area contributed by atoms with E-state index in [1.165, 1.54) is 12.4 Å². The third-order valence-electron chi connectivity index (χ3n) is 3.50. The number of β-amino-alcohol motifs (C(OH)–C–C–N with tert-alkyl or cyclic N) is 1. The lowest BCUT2D eigenvalue weighted by Gasteiger charge is -2.33. The van der Waals surface area contributed by atoms with Gasteiger partial charge in [-0.15, -0.1) is 0 Å². The average molecular weight is 269 g/mol. The van der Waals surface area contributed by atoms with Crippen LogP contribution in [-0.2, 0) is 0 Å². The van der Waals surface area contributed by atoms with Gasteiger partial charge in [0, 0.05) is 45.2 Å². The van der Waals surface area contributed by atoms with Crippen molar-refractivity contribution in [2.24, 2.45) is 9.98 Å². The Balaban J connectivity index is 1.87. The van der Waals surface area contributed by atoms with E-state index < -0.39 is 16.8 Å². The van der Waals surface area contributed by atoms with Crippen molar-refractivity contribution in [1.29, 1.82) is 0 Å². The molecule has 0 aliphatic carbocycles. The maximum Gasteiger partial charge on any atom is 0.414 e. The highest BCUT2D eigenvalue weighted by molar-refractivity contribution is 6.17. The van der Waals surface area contributed by atoms with E-state index in [2.05, 4.69) is 26.8 Å². The zero-order valence-electron chi connectivity index (χ0n) is 11.0. The number of piperazine rings is 1. The highest BCUT2D eigenvalue weighted by atomic mass is 16.6. The highest BCUT2D eigenvalue weighted by Gasteiger charge is 2.45. The average Bonchev–Trinajstić information content (AvgIpc) is 2.82. The molecule has 1 atom stereocenters. The van der Waals surface area contributed by atoms with E-state index in [0.29, 0.717) is 6.54 Å². The summed E-state index contributed by atoms with van der Waals surface area (Å²) in [7, 11) is 2.05. The summed E-state index contributed by atoms with van der Waals surface area (Å²) in [5.41, 5.74) is 0. The standard InChI is InChI=1S/C11H19N5O3/c1-14-4-6-15(7-5-14)9-10(17)8-11(16(18)19)12-2-3-13-11/h2-3,10,17H,4-9H2,1H3. The van der Waals surface area contributed by atoms with Crippen LogP contribution in [0.1, 0.15) is 6.42 Å². The lowest BCUT2D eigenvalue weighted by Crippen LogP contribution is -2.48. The van der Waals surface area contributed by atoms with Crippen LogP contribution in [0, 0.1) is 10.1 Å². The number of hydrogen-bond acceptors (Lipinski definition) is 7. The van der Waals surface area contributed by atoms with Gasteiger partial charge in [-0.1, -0.05) is 0 Å². The zero-order chi connectivity index (χ0) is 13.9. The lowest BCUT2D eigenvalue weighted by molar-refractivity contribution is -0.568. The molecule has 2 aliphatic rings. The van der Waals surface area contributed by atoms with E-state index in [-0.39, 0.29) is 6.42 Å². The molecule has 0 aromatic rings. The second kappa shape index (κ2) is 5.72. The first-order valence-corrected chi connectivity index (χ1v) is 6.34. The largest absolute Gasteiger partial charge is 0.414 e. The molecule has 0 bridgehead atoms. The summed E-state index contributed by atoms with van der Waals surface area (Å²) < 4.78 is 0. The number of nitro groups is 1. The molecule has 2 rings (SSSR count).